The molecule has 0 aliphatic rings. The van der Waals surface area contributed by atoms with Gasteiger partial charge < -0.3 is 15.5 Å². The predicted octanol–water partition coefficient (Wildman–Crippen LogP) is -0.330. The molecule has 5 nitrogen and oxygen atoms in total. The second kappa shape index (κ2) is 7.32. The van der Waals surface area contributed by atoms with Crippen molar-refractivity contribution in [1.29, 1.82) is 0 Å². The topological polar surface area (TPSA) is 86.6 Å². The SMILES string of the molecule is C=CC(=O)CCNCC(=O)C(O)C(C)(C)CO. The van der Waals surface area contributed by atoms with Gasteiger partial charge in [0.15, 0.2) is 11.6 Å². The minimum absolute atomic E-state index is 0.0188. The van der Waals surface area contributed by atoms with E-state index in [2.05, 4.69) is 11.9 Å². The highest BCUT2D eigenvalue weighted by Gasteiger charge is 2.32. The molecule has 0 amide bonds. The fourth-order valence-electron chi connectivity index (χ4n) is 1.14. The number of allylic oxidation sites excluding steroid dienone is 1. The Balaban J connectivity index is 3.95. The molecule has 0 bridgehead atoms. The summed E-state index contributed by atoms with van der Waals surface area (Å²) in [6, 6.07) is 0. The van der Waals surface area contributed by atoms with E-state index in [1.807, 2.05) is 0 Å². The van der Waals surface area contributed by atoms with Crippen molar-refractivity contribution in [1.82, 2.24) is 5.32 Å². The second-order valence-corrected chi connectivity index (χ2v) is 4.61. The molecule has 0 aromatic rings. The summed E-state index contributed by atoms with van der Waals surface area (Å²) in [7, 11) is 0. The van der Waals surface area contributed by atoms with E-state index in [1.54, 1.807) is 13.8 Å². The van der Waals surface area contributed by atoms with Crippen LogP contribution < -0.4 is 5.32 Å². The van der Waals surface area contributed by atoms with Crippen molar-refractivity contribution in [2.24, 2.45) is 5.41 Å². The van der Waals surface area contributed by atoms with Gasteiger partial charge in [-0.1, -0.05) is 20.4 Å². The minimum Gasteiger partial charge on any atom is -0.396 e. The van der Waals surface area contributed by atoms with Gasteiger partial charge in [0.2, 0.25) is 0 Å². The molecule has 0 fully saturated rings. The first kappa shape index (κ1) is 16.0. The van der Waals surface area contributed by atoms with Crippen LogP contribution in [0.5, 0.6) is 0 Å². The first-order chi connectivity index (χ1) is 7.85. The van der Waals surface area contributed by atoms with Crippen LogP contribution >= 0.6 is 0 Å². The largest absolute Gasteiger partial charge is 0.396 e. The van der Waals surface area contributed by atoms with Crippen LogP contribution in [0.1, 0.15) is 20.3 Å². The average Bonchev–Trinajstić information content (AvgIpc) is 2.32. The summed E-state index contributed by atoms with van der Waals surface area (Å²) in [5, 5.41) is 21.4. The number of Topliss-reactive ketones (excluding diaryl/α,β-unsaturated/α-hetero) is 1. The van der Waals surface area contributed by atoms with E-state index in [-0.39, 0.29) is 25.4 Å². The van der Waals surface area contributed by atoms with E-state index in [1.165, 1.54) is 6.08 Å². The first-order valence-corrected chi connectivity index (χ1v) is 5.52. The van der Waals surface area contributed by atoms with Crippen LogP contribution in [0.4, 0.5) is 0 Å². The zero-order valence-electron chi connectivity index (χ0n) is 10.4. The zero-order chi connectivity index (χ0) is 13.5. The Morgan fingerprint density at radius 3 is 2.53 bits per heavy atom. The molecule has 98 valence electrons. The van der Waals surface area contributed by atoms with Crippen LogP contribution in [0, 0.1) is 5.41 Å². The number of aliphatic hydroxyl groups excluding tert-OH is 2. The van der Waals surface area contributed by atoms with Gasteiger partial charge in [-0.25, -0.2) is 0 Å². The van der Waals surface area contributed by atoms with E-state index in [0.29, 0.717) is 6.54 Å². The van der Waals surface area contributed by atoms with Crippen LogP contribution in [0.3, 0.4) is 0 Å². The number of aliphatic hydroxyl groups is 2. The quantitative estimate of drug-likeness (QED) is 0.381. The fraction of sp³-hybridized carbons (Fsp3) is 0.667. The Labute approximate surface area is 102 Å². The van der Waals surface area contributed by atoms with Gasteiger partial charge in [0.05, 0.1) is 13.2 Å². The van der Waals surface area contributed by atoms with Crippen molar-refractivity contribution in [2.45, 2.75) is 26.4 Å². The van der Waals surface area contributed by atoms with Crippen molar-refractivity contribution in [3.05, 3.63) is 12.7 Å². The van der Waals surface area contributed by atoms with Crippen molar-refractivity contribution in [3.8, 4) is 0 Å². The van der Waals surface area contributed by atoms with E-state index < -0.39 is 17.3 Å². The summed E-state index contributed by atoms with van der Waals surface area (Å²) < 4.78 is 0. The Hall–Kier alpha value is -1.04. The summed E-state index contributed by atoms with van der Waals surface area (Å²) >= 11 is 0. The first-order valence-electron chi connectivity index (χ1n) is 5.52. The lowest BCUT2D eigenvalue weighted by molar-refractivity contribution is -0.133. The third kappa shape index (κ3) is 5.72. The summed E-state index contributed by atoms with van der Waals surface area (Å²) in [6.07, 6.45) is 0.291. The van der Waals surface area contributed by atoms with Gasteiger partial charge in [-0.15, -0.1) is 0 Å². The molecule has 0 aromatic heterocycles. The second-order valence-electron chi connectivity index (χ2n) is 4.61. The fourth-order valence-corrected chi connectivity index (χ4v) is 1.14. The molecule has 0 spiro atoms. The summed E-state index contributed by atoms with van der Waals surface area (Å²) in [5.74, 6) is -0.490. The molecule has 3 N–H and O–H groups in total. The molecule has 1 atom stereocenters. The van der Waals surface area contributed by atoms with Crippen LogP contribution in [-0.2, 0) is 9.59 Å². The number of rotatable bonds is 9. The van der Waals surface area contributed by atoms with Gasteiger partial charge in [0.1, 0.15) is 6.10 Å². The van der Waals surface area contributed by atoms with Gasteiger partial charge in [-0.3, -0.25) is 9.59 Å². The molecule has 0 rings (SSSR count). The summed E-state index contributed by atoms with van der Waals surface area (Å²) in [5.41, 5.74) is -0.851. The van der Waals surface area contributed by atoms with Crippen molar-refractivity contribution in [3.63, 3.8) is 0 Å². The number of hydrogen-bond acceptors (Lipinski definition) is 5. The third-order valence-electron chi connectivity index (χ3n) is 2.53. The van der Waals surface area contributed by atoms with Crippen molar-refractivity contribution < 1.29 is 19.8 Å². The molecule has 0 saturated heterocycles. The van der Waals surface area contributed by atoms with E-state index in [4.69, 9.17) is 5.11 Å². The Morgan fingerprint density at radius 1 is 1.47 bits per heavy atom. The van der Waals surface area contributed by atoms with E-state index in [9.17, 15) is 14.7 Å². The molecule has 1 unspecified atom stereocenters. The number of hydrogen-bond donors (Lipinski definition) is 3. The van der Waals surface area contributed by atoms with Gasteiger partial charge in [0, 0.05) is 18.4 Å². The lowest BCUT2D eigenvalue weighted by Crippen LogP contribution is -2.43. The standard InChI is InChI=1S/C12H21NO4/c1-4-9(15)5-6-13-7-10(16)11(17)12(2,3)8-14/h4,11,13-14,17H,1,5-8H2,2-3H3. The zero-order valence-corrected chi connectivity index (χ0v) is 10.4. The molecule has 17 heavy (non-hydrogen) atoms. The molecule has 0 aliphatic carbocycles. The van der Waals surface area contributed by atoms with Crippen molar-refractivity contribution >= 4 is 11.6 Å². The lowest BCUT2D eigenvalue weighted by atomic mass is 9.85. The van der Waals surface area contributed by atoms with Gasteiger partial charge in [-0.05, 0) is 6.08 Å². The molecule has 0 saturated carbocycles. The number of ketones is 2. The maximum absolute atomic E-state index is 11.5. The maximum atomic E-state index is 11.5. The van der Waals surface area contributed by atoms with E-state index >= 15 is 0 Å². The molecule has 0 aromatic carbocycles. The Bertz CT molecular complexity index is 286. The van der Waals surface area contributed by atoms with Gasteiger partial charge in [0.25, 0.3) is 0 Å². The Kier molecular flexibility index (Phi) is 6.87. The summed E-state index contributed by atoms with van der Waals surface area (Å²) in [4.78, 5) is 22.4. The predicted molar refractivity (Wildman–Crippen MR) is 64.6 cm³/mol. The Morgan fingerprint density at radius 2 is 2.06 bits per heavy atom. The van der Waals surface area contributed by atoms with Crippen LogP contribution in [0.25, 0.3) is 0 Å². The van der Waals surface area contributed by atoms with Crippen LogP contribution in [0.2, 0.25) is 0 Å². The van der Waals surface area contributed by atoms with Gasteiger partial charge in [-0.2, -0.15) is 0 Å². The average molecular weight is 243 g/mol. The highest BCUT2D eigenvalue weighted by atomic mass is 16.3. The molecule has 0 radical (unpaired) electrons. The number of carbonyl (C=O) groups excluding carboxylic acids is 2. The lowest BCUT2D eigenvalue weighted by Gasteiger charge is -2.27. The van der Waals surface area contributed by atoms with Crippen molar-refractivity contribution in [2.75, 3.05) is 19.7 Å². The van der Waals surface area contributed by atoms with Crippen LogP contribution in [0.15, 0.2) is 12.7 Å². The molecule has 0 heterocycles. The molecular weight excluding hydrogens is 222 g/mol. The van der Waals surface area contributed by atoms with E-state index in [0.717, 1.165) is 0 Å². The summed E-state index contributed by atoms with van der Waals surface area (Å²) in [6.45, 7) is 6.63. The monoisotopic (exact) mass is 243 g/mol. The molecule has 5 heteroatoms. The smallest absolute Gasteiger partial charge is 0.175 e. The highest BCUT2D eigenvalue weighted by Crippen LogP contribution is 2.19. The number of nitrogens with one attached hydrogen (secondary N) is 1. The third-order valence-corrected chi connectivity index (χ3v) is 2.53. The molecule has 0 aliphatic heterocycles. The highest BCUT2D eigenvalue weighted by molar-refractivity contribution is 5.89. The number of carbonyl (C=O) groups is 2. The molecular formula is C12H21NO4. The minimum atomic E-state index is -1.21. The maximum Gasteiger partial charge on any atom is 0.175 e. The normalized spacial score (nSPS) is 13.2. The van der Waals surface area contributed by atoms with Gasteiger partial charge >= 0.3 is 0 Å². The van der Waals surface area contributed by atoms with Crippen LogP contribution in [-0.4, -0.2) is 47.6 Å².